The third kappa shape index (κ3) is 3.72. The van der Waals surface area contributed by atoms with Crippen LogP contribution < -0.4 is 10.9 Å². The summed E-state index contributed by atoms with van der Waals surface area (Å²) in [5, 5.41) is 15.7. The van der Waals surface area contributed by atoms with E-state index in [4.69, 9.17) is 0 Å². The van der Waals surface area contributed by atoms with Crippen molar-refractivity contribution in [3.63, 3.8) is 0 Å². The molecule has 0 aliphatic rings. The Labute approximate surface area is 176 Å². The number of halogens is 1. The smallest absolute Gasteiger partial charge is 0.295 e. The molecule has 0 saturated heterocycles. The predicted octanol–water partition coefficient (Wildman–Crippen LogP) is 4.18. The second-order valence-electron chi connectivity index (χ2n) is 6.38. The average molecular weight is 444 g/mol. The molecule has 4 rings (SSSR count). The van der Waals surface area contributed by atoms with Crippen LogP contribution in [-0.4, -0.2) is 20.4 Å². The van der Waals surface area contributed by atoms with Gasteiger partial charge in [-0.2, -0.15) is 0 Å². The highest BCUT2D eigenvalue weighted by molar-refractivity contribution is 7.19. The Morgan fingerprint density at radius 3 is 2.83 bits per heavy atom. The Morgan fingerprint density at radius 1 is 1.33 bits per heavy atom. The van der Waals surface area contributed by atoms with Gasteiger partial charge in [0, 0.05) is 20.7 Å². The Kier molecular flexibility index (Phi) is 5.14. The quantitative estimate of drug-likeness (QED) is 0.367. The minimum atomic E-state index is -0.793. The zero-order valence-electron chi connectivity index (χ0n) is 15.4. The van der Waals surface area contributed by atoms with Crippen LogP contribution in [0, 0.1) is 22.9 Å². The van der Waals surface area contributed by atoms with E-state index in [9.17, 15) is 24.1 Å². The van der Waals surface area contributed by atoms with Crippen LogP contribution in [0.2, 0.25) is 0 Å². The minimum absolute atomic E-state index is 0.154. The number of aromatic nitrogens is 2. The SMILES string of the molecule is Cc1ccc(-c2csc3ncn(CC(=O)Nc4ccc(F)cc4[N+](=O)[O-])c(=O)c23)s1. The number of hydrogen-bond donors (Lipinski definition) is 1. The molecule has 1 N–H and O–H groups in total. The molecule has 0 aliphatic heterocycles. The number of thiophene rings is 2. The van der Waals surface area contributed by atoms with Crippen LogP contribution in [0.3, 0.4) is 0 Å². The third-order valence-electron chi connectivity index (χ3n) is 4.31. The molecule has 11 heteroatoms. The van der Waals surface area contributed by atoms with Crippen molar-refractivity contribution < 1.29 is 14.1 Å². The molecule has 3 aromatic heterocycles. The van der Waals surface area contributed by atoms with E-state index in [1.807, 2.05) is 24.4 Å². The first kappa shape index (κ1) is 19.9. The van der Waals surface area contributed by atoms with E-state index in [1.165, 1.54) is 17.7 Å². The molecule has 1 aromatic carbocycles. The van der Waals surface area contributed by atoms with Crippen molar-refractivity contribution in [1.29, 1.82) is 0 Å². The molecule has 3 heterocycles. The lowest BCUT2D eigenvalue weighted by molar-refractivity contribution is -0.384. The maximum Gasteiger partial charge on any atom is 0.295 e. The van der Waals surface area contributed by atoms with Crippen molar-refractivity contribution in [2.45, 2.75) is 13.5 Å². The number of anilines is 1. The van der Waals surface area contributed by atoms with E-state index in [2.05, 4.69) is 10.3 Å². The van der Waals surface area contributed by atoms with Crippen LogP contribution in [0.4, 0.5) is 15.8 Å². The highest BCUT2D eigenvalue weighted by Gasteiger charge is 2.19. The number of nitro benzene ring substituents is 1. The van der Waals surface area contributed by atoms with Gasteiger partial charge in [0.2, 0.25) is 5.91 Å². The summed E-state index contributed by atoms with van der Waals surface area (Å²) >= 11 is 2.89. The fourth-order valence-corrected chi connectivity index (χ4v) is 4.81. The Bertz CT molecular complexity index is 1360. The van der Waals surface area contributed by atoms with Gasteiger partial charge < -0.3 is 5.32 Å². The summed E-state index contributed by atoms with van der Waals surface area (Å²) < 4.78 is 14.4. The van der Waals surface area contributed by atoms with Gasteiger partial charge in [-0.1, -0.05) is 0 Å². The maximum atomic E-state index is 13.3. The number of benzene rings is 1. The normalized spacial score (nSPS) is 11.0. The highest BCUT2D eigenvalue weighted by Crippen LogP contribution is 2.35. The zero-order valence-corrected chi connectivity index (χ0v) is 17.1. The van der Waals surface area contributed by atoms with Crippen LogP contribution in [0.5, 0.6) is 0 Å². The molecule has 4 aromatic rings. The number of hydrogen-bond acceptors (Lipinski definition) is 7. The van der Waals surface area contributed by atoms with Gasteiger partial charge in [0.1, 0.15) is 22.9 Å². The lowest BCUT2D eigenvalue weighted by atomic mass is 10.2. The number of nitrogens with zero attached hydrogens (tertiary/aromatic N) is 3. The molecule has 8 nitrogen and oxygen atoms in total. The number of carbonyl (C=O) groups is 1. The van der Waals surface area contributed by atoms with Crippen molar-refractivity contribution in [2.75, 3.05) is 5.32 Å². The average Bonchev–Trinajstić information content (AvgIpc) is 3.31. The molecule has 0 radical (unpaired) electrons. The number of fused-ring (bicyclic) bond motifs is 1. The number of aryl methyl sites for hydroxylation is 1. The maximum absolute atomic E-state index is 13.3. The standard InChI is InChI=1S/C19H13FN4O4S2/c1-10-2-5-15(30-10)12-8-29-18-17(12)19(26)23(9-21-18)7-16(25)22-13-4-3-11(20)6-14(13)24(27)28/h2-6,8-9H,7H2,1H3,(H,22,25). The Morgan fingerprint density at radius 2 is 2.13 bits per heavy atom. The molecular formula is C19H13FN4O4S2. The molecule has 30 heavy (non-hydrogen) atoms. The van der Waals surface area contributed by atoms with Gasteiger partial charge in [-0.3, -0.25) is 24.3 Å². The van der Waals surface area contributed by atoms with E-state index in [0.29, 0.717) is 10.2 Å². The van der Waals surface area contributed by atoms with Crippen LogP contribution in [0.1, 0.15) is 4.88 Å². The first-order valence-electron chi connectivity index (χ1n) is 8.60. The number of nitro groups is 1. The highest BCUT2D eigenvalue weighted by atomic mass is 32.1. The molecule has 0 atom stereocenters. The molecule has 0 saturated carbocycles. The van der Waals surface area contributed by atoms with Gasteiger partial charge in [-0.15, -0.1) is 22.7 Å². The van der Waals surface area contributed by atoms with Crippen LogP contribution in [0.25, 0.3) is 20.7 Å². The Hall–Kier alpha value is -3.44. The summed E-state index contributed by atoms with van der Waals surface area (Å²) in [7, 11) is 0. The van der Waals surface area contributed by atoms with Crippen LogP contribution >= 0.6 is 22.7 Å². The number of rotatable bonds is 5. The van der Waals surface area contributed by atoms with E-state index >= 15 is 0 Å². The summed E-state index contributed by atoms with van der Waals surface area (Å²) in [6.45, 7) is 1.58. The lowest BCUT2D eigenvalue weighted by Crippen LogP contribution is -2.28. The fraction of sp³-hybridized carbons (Fsp3) is 0.105. The summed E-state index contributed by atoms with van der Waals surface area (Å²) in [6, 6.07) is 6.71. The molecule has 0 aliphatic carbocycles. The molecule has 0 spiro atoms. The van der Waals surface area contributed by atoms with Gasteiger partial charge in [0.25, 0.3) is 11.2 Å². The van der Waals surface area contributed by atoms with E-state index in [1.54, 1.807) is 11.3 Å². The van der Waals surface area contributed by atoms with Gasteiger partial charge in [-0.25, -0.2) is 9.37 Å². The van der Waals surface area contributed by atoms with E-state index in [-0.39, 0.29) is 11.2 Å². The van der Waals surface area contributed by atoms with Crippen LogP contribution in [0.15, 0.2) is 46.8 Å². The van der Waals surface area contributed by atoms with Crippen molar-refractivity contribution in [1.82, 2.24) is 9.55 Å². The van der Waals surface area contributed by atoms with Gasteiger partial charge in [-0.05, 0) is 31.2 Å². The molecular weight excluding hydrogens is 431 g/mol. The summed E-state index contributed by atoms with van der Waals surface area (Å²) in [6.07, 6.45) is 1.27. The number of amides is 1. The van der Waals surface area contributed by atoms with Crippen molar-refractivity contribution in [3.8, 4) is 10.4 Å². The van der Waals surface area contributed by atoms with Gasteiger partial charge in [0.05, 0.1) is 22.7 Å². The molecule has 0 bridgehead atoms. The molecule has 1 amide bonds. The number of carbonyl (C=O) groups excluding carboxylic acids is 1. The monoisotopic (exact) mass is 444 g/mol. The summed E-state index contributed by atoms with van der Waals surface area (Å²) in [5.74, 6) is -1.46. The molecule has 0 unspecified atom stereocenters. The number of nitrogens with one attached hydrogen (secondary N) is 1. The summed E-state index contributed by atoms with van der Waals surface area (Å²) in [4.78, 5) is 42.6. The largest absolute Gasteiger partial charge is 0.319 e. The molecule has 152 valence electrons. The lowest BCUT2D eigenvalue weighted by Gasteiger charge is -2.08. The zero-order chi connectivity index (χ0) is 21.4. The van der Waals surface area contributed by atoms with E-state index < -0.39 is 28.9 Å². The fourth-order valence-electron chi connectivity index (χ4n) is 2.95. The second-order valence-corrected chi connectivity index (χ2v) is 8.53. The molecule has 0 fully saturated rings. The first-order chi connectivity index (χ1) is 14.3. The minimum Gasteiger partial charge on any atom is -0.319 e. The van der Waals surface area contributed by atoms with Gasteiger partial charge >= 0.3 is 0 Å². The topological polar surface area (TPSA) is 107 Å². The van der Waals surface area contributed by atoms with E-state index in [0.717, 1.165) is 38.1 Å². The van der Waals surface area contributed by atoms with Crippen molar-refractivity contribution in [2.24, 2.45) is 0 Å². The van der Waals surface area contributed by atoms with Crippen molar-refractivity contribution in [3.05, 3.63) is 73.2 Å². The van der Waals surface area contributed by atoms with Crippen molar-refractivity contribution >= 4 is 50.2 Å². The van der Waals surface area contributed by atoms with Gasteiger partial charge in [0.15, 0.2) is 0 Å². The first-order valence-corrected chi connectivity index (χ1v) is 10.3. The third-order valence-corrected chi connectivity index (χ3v) is 6.23. The second kappa shape index (κ2) is 7.76. The predicted molar refractivity (Wildman–Crippen MR) is 114 cm³/mol. The van der Waals surface area contributed by atoms with Crippen LogP contribution in [-0.2, 0) is 11.3 Å². The Balaban J connectivity index is 1.65. The summed E-state index contributed by atoms with van der Waals surface area (Å²) in [5.41, 5.74) is -0.350.